The number of rotatable bonds is 4. The average molecular weight is 196 g/mol. The van der Waals surface area contributed by atoms with Gasteiger partial charge in [-0.3, -0.25) is 4.74 Å². The first kappa shape index (κ1) is 10.6. The summed E-state index contributed by atoms with van der Waals surface area (Å²) in [6.45, 7) is -1.87. The summed E-state index contributed by atoms with van der Waals surface area (Å²) in [5, 5.41) is 0. The Balaban J connectivity index is 4.13. The Morgan fingerprint density at radius 1 is 1.36 bits per heavy atom. The van der Waals surface area contributed by atoms with E-state index in [1.54, 1.807) is 0 Å². The lowest BCUT2D eigenvalue weighted by Gasteiger charge is -2.10. The van der Waals surface area contributed by atoms with Crippen molar-refractivity contribution in [2.24, 2.45) is 0 Å². The predicted molar refractivity (Wildman–Crippen MR) is 26.9 cm³/mol. The van der Waals surface area contributed by atoms with Gasteiger partial charge in [-0.2, -0.15) is 17.2 Å². The van der Waals surface area contributed by atoms with Crippen molar-refractivity contribution in [3.63, 3.8) is 0 Å². The van der Waals surface area contributed by atoms with Crippen LogP contribution in [0.4, 0.5) is 17.1 Å². The largest absolute Gasteiger partial charge is 0.374 e. The molecule has 0 saturated carbocycles. The maximum Gasteiger partial charge on any atom is 0.374 e. The molecule has 0 aliphatic rings. The lowest BCUT2D eigenvalue weighted by atomic mass is 10.7. The molecule has 8 heteroatoms. The third-order valence-electron chi connectivity index (χ3n) is 0.606. The van der Waals surface area contributed by atoms with Gasteiger partial charge in [0.1, 0.15) is 0 Å². The third-order valence-corrected chi connectivity index (χ3v) is 1.29. The summed E-state index contributed by atoms with van der Waals surface area (Å²) in [6, 6.07) is 0. The first-order chi connectivity index (χ1) is 4.77. The molecule has 0 saturated heterocycles. The van der Waals surface area contributed by atoms with Crippen LogP contribution in [0.15, 0.2) is 0 Å². The molecule has 0 spiro atoms. The van der Waals surface area contributed by atoms with Crippen LogP contribution in [-0.4, -0.2) is 27.1 Å². The second-order valence-electron chi connectivity index (χ2n) is 1.57. The van der Waals surface area contributed by atoms with Gasteiger partial charge in [-0.25, -0.2) is 4.39 Å². The number of ether oxygens (including phenoxy) is 1. The molecule has 0 rings (SSSR count). The van der Waals surface area contributed by atoms with Gasteiger partial charge < -0.3 is 0 Å². The summed E-state index contributed by atoms with van der Waals surface area (Å²) >= 11 is 0. The van der Waals surface area contributed by atoms with E-state index in [0.717, 1.165) is 0 Å². The van der Waals surface area contributed by atoms with Crippen LogP contribution in [0.2, 0.25) is 0 Å². The molecular formula is C3H4F4O3S. The molecular weight excluding hydrogens is 192 g/mol. The summed E-state index contributed by atoms with van der Waals surface area (Å²) in [6.07, 6.45) is -4.30. The standard InChI is InChI=1S/C3H4F4O3S/c4-2-10-3(5,6)1-11(7,8)9/h1-2H2. The van der Waals surface area contributed by atoms with Crippen molar-refractivity contribution >= 4 is 10.2 Å². The minimum absolute atomic E-state index is 1.87. The molecule has 0 aromatic carbocycles. The maximum absolute atomic E-state index is 11.8. The summed E-state index contributed by atoms with van der Waals surface area (Å²) < 4.78 is 68.4. The lowest BCUT2D eigenvalue weighted by Crippen LogP contribution is -2.28. The molecule has 68 valence electrons. The first-order valence-corrected chi connectivity index (χ1v) is 3.82. The summed E-state index contributed by atoms with van der Waals surface area (Å²) in [5.74, 6) is -2.16. The normalized spacial score (nSPS) is 13.5. The van der Waals surface area contributed by atoms with Crippen molar-refractivity contribution in [1.29, 1.82) is 0 Å². The Morgan fingerprint density at radius 3 is 2.09 bits per heavy atom. The van der Waals surface area contributed by atoms with Crippen LogP contribution in [0, 0.1) is 0 Å². The van der Waals surface area contributed by atoms with Crippen LogP contribution in [0.1, 0.15) is 0 Å². The highest BCUT2D eigenvalue weighted by Crippen LogP contribution is 2.18. The monoisotopic (exact) mass is 196 g/mol. The second-order valence-corrected chi connectivity index (χ2v) is 2.94. The zero-order valence-corrected chi connectivity index (χ0v) is 5.88. The fourth-order valence-electron chi connectivity index (χ4n) is 0.322. The van der Waals surface area contributed by atoms with Crippen LogP contribution in [-0.2, 0) is 15.0 Å². The minimum Gasteiger partial charge on any atom is -0.288 e. The lowest BCUT2D eigenvalue weighted by molar-refractivity contribution is -0.239. The number of halogens is 4. The van der Waals surface area contributed by atoms with Gasteiger partial charge in [0.2, 0.25) is 0 Å². The van der Waals surface area contributed by atoms with Gasteiger partial charge in [0.15, 0.2) is 12.6 Å². The smallest absolute Gasteiger partial charge is 0.288 e. The molecule has 0 aliphatic heterocycles. The fourth-order valence-corrected chi connectivity index (χ4v) is 0.807. The van der Waals surface area contributed by atoms with Gasteiger partial charge >= 0.3 is 16.3 Å². The Kier molecular flexibility index (Phi) is 3.24. The van der Waals surface area contributed by atoms with E-state index >= 15 is 0 Å². The second kappa shape index (κ2) is 3.35. The highest BCUT2D eigenvalue weighted by Gasteiger charge is 2.37. The van der Waals surface area contributed by atoms with Gasteiger partial charge in [-0.05, 0) is 0 Å². The Bertz CT molecular complexity index is 211. The number of hydrogen-bond acceptors (Lipinski definition) is 3. The molecule has 0 unspecified atom stereocenters. The van der Waals surface area contributed by atoms with E-state index in [2.05, 4.69) is 4.74 Å². The van der Waals surface area contributed by atoms with Gasteiger partial charge in [0.05, 0.1) is 0 Å². The molecule has 0 heterocycles. The summed E-state index contributed by atoms with van der Waals surface area (Å²) in [7, 11) is -5.35. The molecule has 0 atom stereocenters. The zero-order chi connectivity index (χ0) is 9.12. The number of hydrogen-bond donors (Lipinski definition) is 0. The quantitative estimate of drug-likeness (QED) is 0.494. The SMILES string of the molecule is O=S(=O)(F)CC(F)(F)OCF. The predicted octanol–water partition coefficient (Wildman–Crippen LogP) is 0.822. The molecule has 0 aliphatic carbocycles. The molecule has 0 aromatic heterocycles. The fraction of sp³-hybridized carbons (Fsp3) is 1.00. The van der Waals surface area contributed by atoms with E-state index in [9.17, 15) is 25.5 Å². The first-order valence-electron chi connectivity index (χ1n) is 2.27. The number of alkyl halides is 3. The topological polar surface area (TPSA) is 43.4 Å². The highest BCUT2D eigenvalue weighted by molar-refractivity contribution is 7.86. The van der Waals surface area contributed by atoms with Gasteiger partial charge in [0.25, 0.3) is 0 Å². The van der Waals surface area contributed by atoms with E-state index < -0.39 is 28.9 Å². The van der Waals surface area contributed by atoms with Crippen LogP contribution in [0.3, 0.4) is 0 Å². The van der Waals surface area contributed by atoms with Crippen molar-refractivity contribution in [3.8, 4) is 0 Å². The zero-order valence-electron chi connectivity index (χ0n) is 5.06. The van der Waals surface area contributed by atoms with Gasteiger partial charge in [-0.15, -0.1) is 3.89 Å². The van der Waals surface area contributed by atoms with Crippen molar-refractivity contribution in [2.75, 3.05) is 12.6 Å². The molecule has 11 heavy (non-hydrogen) atoms. The van der Waals surface area contributed by atoms with E-state index in [4.69, 9.17) is 0 Å². The van der Waals surface area contributed by atoms with E-state index in [1.165, 1.54) is 0 Å². The molecule has 0 bridgehead atoms. The Labute approximate surface area is 60.2 Å². The van der Waals surface area contributed by atoms with Crippen LogP contribution >= 0.6 is 0 Å². The average Bonchev–Trinajstić information content (AvgIpc) is 1.55. The van der Waals surface area contributed by atoms with Gasteiger partial charge in [-0.1, -0.05) is 0 Å². The molecule has 0 N–H and O–H groups in total. The molecule has 3 nitrogen and oxygen atoms in total. The maximum atomic E-state index is 11.8. The van der Waals surface area contributed by atoms with Crippen LogP contribution < -0.4 is 0 Å². The Morgan fingerprint density at radius 2 is 1.82 bits per heavy atom. The van der Waals surface area contributed by atoms with Crippen LogP contribution in [0.25, 0.3) is 0 Å². The van der Waals surface area contributed by atoms with E-state index in [1.807, 2.05) is 0 Å². The summed E-state index contributed by atoms with van der Waals surface area (Å²) in [5.41, 5.74) is 0. The molecule has 0 fully saturated rings. The molecule has 0 aromatic rings. The van der Waals surface area contributed by atoms with Crippen molar-refractivity contribution in [3.05, 3.63) is 0 Å². The highest BCUT2D eigenvalue weighted by atomic mass is 32.3. The van der Waals surface area contributed by atoms with Crippen molar-refractivity contribution in [1.82, 2.24) is 0 Å². The van der Waals surface area contributed by atoms with Crippen molar-refractivity contribution < 1.29 is 30.2 Å². The molecule has 0 radical (unpaired) electrons. The third kappa shape index (κ3) is 6.05. The van der Waals surface area contributed by atoms with Crippen molar-refractivity contribution in [2.45, 2.75) is 6.11 Å². The van der Waals surface area contributed by atoms with Crippen LogP contribution in [0.5, 0.6) is 0 Å². The van der Waals surface area contributed by atoms with Gasteiger partial charge in [0, 0.05) is 0 Å². The minimum atomic E-state index is -5.35. The Hall–Kier alpha value is -0.370. The van der Waals surface area contributed by atoms with E-state index in [0.29, 0.717) is 0 Å². The molecule has 0 amide bonds. The summed E-state index contributed by atoms with van der Waals surface area (Å²) in [4.78, 5) is 0. The van der Waals surface area contributed by atoms with E-state index in [-0.39, 0.29) is 0 Å².